The van der Waals surface area contributed by atoms with E-state index >= 15 is 0 Å². The van der Waals surface area contributed by atoms with Gasteiger partial charge in [-0.1, -0.05) is 12.1 Å². The normalized spacial score (nSPS) is 14.8. The van der Waals surface area contributed by atoms with Crippen molar-refractivity contribution in [1.82, 2.24) is 19.6 Å². The topological polar surface area (TPSA) is 54.5 Å². The van der Waals surface area contributed by atoms with Crippen LogP contribution in [0.2, 0.25) is 0 Å². The lowest BCUT2D eigenvalue weighted by atomic mass is 10.2. The summed E-state index contributed by atoms with van der Waals surface area (Å²) in [7, 11) is 1.89. The average molecular weight is 350 g/mol. The van der Waals surface area contributed by atoms with Crippen LogP contribution in [0.5, 0.6) is 0 Å². The smallest absolute Gasteiger partial charge is 0.288 e. The van der Waals surface area contributed by atoms with Gasteiger partial charge < -0.3 is 9.32 Å². The second kappa shape index (κ2) is 7.23. The summed E-state index contributed by atoms with van der Waals surface area (Å²) in [5.41, 5.74) is 0.871. The minimum Gasteiger partial charge on any atom is -0.412 e. The second-order valence-electron chi connectivity index (χ2n) is 5.97. The monoisotopic (exact) mass is 350 g/mol. The minimum atomic E-state index is -0.253. The molecular formula is C16H19FN4O2S. The SMILES string of the molecule is CN(Cc1cccc(F)c1)Cn1nc(CN2CCCC2=O)oc1=S. The lowest BCUT2D eigenvalue weighted by molar-refractivity contribution is -0.128. The molecule has 0 saturated carbocycles. The first-order chi connectivity index (χ1) is 11.5. The van der Waals surface area contributed by atoms with Crippen LogP contribution in [0.4, 0.5) is 4.39 Å². The number of rotatable bonds is 6. The van der Waals surface area contributed by atoms with E-state index in [9.17, 15) is 9.18 Å². The van der Waals surface area contributed by atoms with Crippen molar-refractivity contribution in [2.45, 2.75) is 32.6 Å². The average Bonchev–Trinajstić information content (AvgIpc) is 3.06. The number of amides is 1. The summed E-state index contributed by atoms with van der Waals surface area (Å²) in [6.07, 6.45) is 1.45. The molecule has 0 bridgehead atoms. The maximum absolute atomic E-state index is 13.2. The third-order valence-corrected chi connectivity index (χ3v) is 4.16. The predicted octanol–water partition coefficient (Wildman–Crippen LogP) is 2.56. The highest BCUT2D eigenvalue weighted by atomic mass is 32.1. The van der Waals surface area contributed by atoms with Crippen LogP contribution >= 0.6 is 12.2 Å². The van der Waals surface area contributed by atoms with Crippen LogP contribution in [-0.2, 0) is 24.6 Å². The molecule has 0 unspecified atom stereocenters. The Balaban J connectivity index is 1.62. The summed E-state index contributed by atoms with van der Waals surface area (Å²) in [6.45, 7) is 2.07. The summed E-state index contributed by atoms with van der Waals surface area (Å²) in [5, 5.41) is 4.34. The Morgan fingerprint density at radius 3 is 3.00 bits per heavy atom. The molecule has 1 amide bonds. The Kier molecular flexibility index (Phi) is 5.06. The number of nitrogens with zero attached hydrogens (tertiary/aromatic N) is 4. The van der Waals surface area contributed by atoms with Crippen LogP contribution in [0, 0.1) is 10.7 Å². The summed E-state index contributed by atoms with van der Waals surface area (Å²) < 4.78 is 20.3. The first-order valence-corrected chi connectivity index (χ1v) is 8.19. The fourth-order valence-electron chi connectivity index (χ4n) is 2.76. The van der Waals surface area contributed by atoms with Gasteiger partial charge in [0, 0.05) is 19.5 Å². The molecule has 0 N–H and O–H groups in total. The van der Waals surface area contributed by atoms with E-state index in [-0.39, 0.29) is 16.6 Å². The Bertz CT molecular complexity index is 788. The van der Waals surface area contributed by atoms with Crippen LogP contribution in [-0.4, -0.2) is 39.1 Å². The van der Waals surface area contributed by atoms with Crippen LogP contribution < -0.4 is 0 Å². The van der Waals surface area contributed by atoms with E-state index < -0.39 is 0 Å². The van der Waals surface area contributed by atoms with Crippen molar-refractivity contribution in [2.75, 3.05) is 13.6 Å². The molecule has 0 atom stereocenters. The van der Waals surface area contributed by atoms with Crippen molar-refractivity contribution in [1.29, 1.82) is 0 Å². The van der Waals surface area contributed by atoms with E-state index in [1.165, 1.54) is 12.1 Å². The maximum atomic E-state index is 13.2. The summed E-state index contributed by atoms with van der Waals surface area (Å²) in [6, 6.07) is 6.48. The van der Waals surface area contributed by atoms with E-state index in [0.29, 0.717) is 32.1 Å². The van der Waals surface area contributed by atoms with Gasteiger partial charge in [0.1, 0.15) is 5.82 Å². The van der Waals surface area contributed by atoms with Gasteiger partial charge >= 0.3 is 0 Å². The molecule has 8 heteroatoms. The second-order valence-corrected chi connectivity index (χ2v) is 6.31. The van der Waals surface area contributed by atoms with Crippen LogP contribution in [0.1, 0.15) is 24.3 Å². The number of halogens is 1. The molecule has 128 valence electrons. The highest BCUT2D eigenvalue weighted by Gasteiger charge is 2.22. The zero-order valence-electron chi connectivity index (χ0n) is 13.4. The summed E-state index contributed by atoms with van der Waals surface area (Å²) in [5.74, 6) is 0.305. The molecule has 1 fully saturated rings. The third kappa shape index (κ3) is 4.07. The maximum Gasteiger partial charge on any atom is 0.288 e. The minimum absolute atomic E-state index is 0.119. The van der Waals surface area contributed by atoms with E-state index in [1.54, 1.807) is 15.6 Å². The lowest BCUT2D eigenvalue weighted by Gasteiger charge is -2.16. The van der Waals surface area contributed by atoms with Crippen molar-refractivity contribution < 1.29 is 13.6 Å². The van der Waals surface area contributed by atoms with Gasteiger partial charge in [-0.15, -0.1) is 5.10 Å². The fourth-order valence-corrected chi connectivity index (χ4v) is 2.96. The molecule has 2 heterocycles. The Morgan fingerprint density at radius 1 is 1.46 bits per heavy atom. The van der Waals surface area contributed by atoms with E-state index in [0.717, 1.165) is 18.5 Å². The van der Waals surface area contributed by atoms with Gasteiger partial charge in [0.15, 0.2) is 0 Å². The molecule has 1 aromatic carbocycles. The molecular weight excluding hydrogens is 331 g/mol. The molecule has 0 spiro atoms. The lowest BCUT2D eigenvalue weighted by Crippen LogP contribution is -2.25. The predicted molar refractivity (Wildman–Crippen MR) is 87.8 cm³/mol. The number of carbonyl (C=O) groups excluding carboxylic acids is 1. The zero-order chi connectivity index (χ0) is 17.1. The summed E-state index contributed by atoms with van der Waals surface area (Å²) in [4.78, 5) is 15.6. The fraction of sp³-hybridized carbons (Fsp3) is 0.438. The van der Waals surface area contributed by atoms with Gasteiger partial charge in [-0.2, -0.15) is 0 Å². The Labute approximate surface area is 144 Å². The zero-order valence-corrected chi connectivity index (χ0v) is 14.3. The van der Waals surface area contributed by atoms with E-state index in [1.807, 2.05) is 18.0 Å². The van der Waals surface area contributed by atoms with Crippen molar-refractivity contribution in [3.63, 3.8) is 0 Å². The van der Waals surface area contributed by atoms with Gasteiger partial charge in [0.2, 0.25) is 11.8 Å². The Morgan fingerprint density at radius 2 is 2.29 bits per heavy atom. The number of likely N-dealkylation sites (tertiary alicyclic amines) is 1. The Hall–Kier alpha value is -2.06. The standard InChI is InChI=1S/C16H19FN4O2S/c1-19(9-12-4-2-5-13(17)8-12)11-21-16(24)23-14(18-21)10-20-7-3-6-15(20)22/h2,4-5,8H,3,6-7,9-11H2,1H3. The number of hydrogen-bond acceptors (Lipinski definition) is 5. The molecule has 1 aromatic heterocycles. The highest BCUT2D eigenvalue weighted by Crippen LogP contribution is 2.14. The largest absolute Gasteiger partial charge is 0.412 e. The molecule has 6 nitrogen and oxygen atoms in total. The number of benzene rings is 1. The molecule has 1 aliphatic rings. The molecule has 1 saturated heterocycles. The quantitative estimate of drug-likeness (QED) is 0.750. The number of aromatic nitrogens is 2. The third-order valence-electron chi connectivity index (χ3n) is 3.86. The highest BCUT2D eigenvalue weighted by molar-refractivity contribution is 7.71. The molecule has 1 aliphatic heterocycles. The summed E-state index contributed by atoms with van der Waals surface area (Å²) >= 11 is 5.19. The molecule has 24 heavy (non-hydrogen) atoms. The van der Waals surface area contributed by atoms with Crippen molar-refractivity contribution in [3.8, 4) is 0 Å². The van der Waals surface area contributed by atoms with Gasteiger partial charge in [0.25, 0.3) is 4.84 Å². The van der Waals surface area contributed by atoms with Crippen LogP contribution in [0.3, 0.4) is 0 Å². The number of hydrogen-bond donors (Lipinski definition) is 0. The molecule has 2 aromatic rings. The van der Waals surface area contributed by atoms with Gasteiger partial charge in [-0.3, -0.25) is 9.69 Å². The first kappa shape index (κ1) is 16.8. The van der Waals surface area contributed by atoms with Gasteiger partial charge in [-0.25, -0.2) is 9.07 Å². The van der Waals surface area contributed by atoms with Gasteiger partial charge in [-0.05, 0) is 43.4 Å². The van der Waals surface area contributed by atoms with Crippen molar-refractivity contribution in [2.24, 2.45) is 0 Å². The molecule has 0 radical (unpaired) electrons. The molecule has 0 aliphatic carbocycles. The van der Waals surface area contributed by atoms with E-state index in [2.05, 4.69) is 5.10 Å². The van der Waals surface area contributed by atoms with Crippen LogP contribution in [0.15, 0.2) is 28.7 Å². The van der Waals surface area contributed by atoms with Crippen LogP contribution in [0.25, 0.3) is 0 Å². The van der Waals surface area contributed by atoms with Gasteiger partial charge in [0.05, 0.1) is 13.2 Å². The van der Waals surface area contributed by atoms with E-state index in [4.69, 9.17) is 16.6 Å². The molecule has 3 rings (SSSR count). The first-order valence-electron chi connectivity index (χ1n) is 7.79. The number of carbonyl (C=O) groups is 1. The van der Waals surface area contributed by atoms with Crippen molar-refractivity contribution >= 4 is 18.1 Å². The van der Waals surface area contributed by atoms with Crippen molar-refractivity contribution in [3.05, 3.63) is 46.4 Å².